The smallest absolute Gasteiger partial charge is 0.340 e. The van der Waals surface area contributed by atoms with Crippen molar-refractivity contribution in [1.82, 2.24) is 10.6 Å². The second kappa shape index (κ2) is 8.49. The largest absolute Gasteiger partial charge is 0.452 e. The van der Waals surface area contributed by atoms with Gasteiger partial charge in [0.05, 0.1) is 15.5 Å². The minimum atomic E-state index is -0.952. The number of benzene rings is 1. The Bertz CT molecular complexity index is 661. The zero-order chi connectivity index (χ0) is 17.4. The molecule has 0 bridgehead atoms. The molecule has 0 aromatic heterocycles. The number of halogens is 1. The highest BCUT2D eigenvalue weighted by molar-refractivity contribution is 6.33. The lowest BCUT2D eigenvalue weighted by Gasteiger charge is -2.07. The monoisotopic (exact) mass is 341 g/mol. The van der Waals surface area contributed by atoms with Crippen LogP contribution in [0.5, 0.6) is 0 Å². The van der Waals surface area contributed by atoms with Gasteiger partial charge in [-0.3, -0.25) is 20.2 Å². The number of ether oxygens (including phenoxy) is 1. The Kier molecular flexibility index (Phi) is 6.68. The highest BCUT2D eigenvalue weighted by atomic mass is 35.5. The molecule has 122 valence electrons. The zero-order valence-corrected chi connectivity index (χ0v) is 12.5. The molecule has 0 spiro atoms. The highest BCUT2D eigenvalue weighted by Gasteiger charge is 2.17. The normalized spacial score (nSPS) is 9.61. The number of nitrogens with one attached hydrogen (secondary N) is 2. The van der Waals surface area contributed by atoms with E-state index in [1.54, 1.807) is 0 Å². The number of carbonyl (C=O) groups excluding carboxylic acids is 3. The fourth-order valence-corrected chi connectivity index (χ4v) is 1.62. The molecule has 9 nitrogen and oxygen atoms in total. The third-order valence-corrected chi connectivity index (χ3v) is 2.69. The summed E-state index contributed by atoms with van der Waals surface area (Å²) in [6.07, 6.45) is 1.42. The van der Waals surface area contributed by atoms with Crippen molar-refractivity contribution in [3.63, 3.8) is 0 Å². The Morgan fingerprint density at radius 1 is 1.39 bits per heavy atom. The van der Waals surface area contributed by atoms with E-state index in [0.29, 0.717) is 0 Å². The van der Waals surface area contributed by atoms with Crippen LogP contribution in [0.2, 0.25) is 5.02 Å². The molecule has 1 aromatic rings. The number of carbonyl (C=O) groups is 3. The number of esters is 1. The molecule has 0 fully saturated rings. The molecule has 0 atom stereocenters. The molecule has 0 aliphatic carbocycles. The van der Waals surface area contributed by atoms with Crippen LogP contribution in [0.25, 0.3) is 0 Å². The van der Waals surface area contributed by atoms with Crippen molar-refractivity contribution >= 4 is 35.2 Å². The van der Waals surface area contributed by atoms with Crippen molar-refractivity contribution in [3.05, 3.63) is 51.6 Å². The van der Waals surface area contributed by atoms with E-state index < -0.39 is 29.4 Å². The summed E-state index contributed by atoms with van der Waals surface area (Å²) in [5.41, 5.74) is -0.427. The number of urea groups is 1. The maximum atomic E-state index is 11.7. The number of hydrogen-bond acceptors (Lipinski definition) is 6. The molecule has 1 rings (SSSR count). The second-order valence-electron chi connectivity index (χ2n) is 4.04. The van der Waals surface area contributed by atoms with Gasteiger partial charge in [0, 0.05) is 18.7 Å². The van der Waals surface area contributed by atoms with Crippen LogP contribution >= 0.6 is 11.6 Å². The lowest BCUT2D eigenvalue weighted by molar-refractivity contribution is -0.384. The van der Waals surface area contributed by atoms with Crippen LogP contribution in [0.4, 0.5) is 10.5 Å². The predicted molar refractivity (Wildman–Crippen MR) is 80.1 cm³/mol. The quantitative estimate of drug-likeness (QED) is 0.348. The molecular weight excluding hydrogens is 330 g/mol. The molecule has 0 saturated carbocycles. The molecule has 2 N–H and O–H groups in total. The molecule has 0 radical (unpaired) electrons. The number of non-ortho nitro benzene ring substituents is 1. The van der Waals surface area contributed by atoms with Gasteiger partial charge in [0.25, 0.3) is 11.6 Å². The first-order chi connectivity index (χ1) is 10.8. The van der Waals surface area contributed by atoms with E-state index in [9.17, 15) is 24.5 Å². The van der Waals surface area contributed by atoms with Gasteiger partial charge in [0.1, 0.15) is 0 Å². The molecule has 23 heavy (non-hydrogen) atoms. The van der Waals surface area contributed by atoms with Crippen LogP contribution in [0, 0.1) is 10.1 Å². The minimum Gasteiger partial charge on any atom is -0.452 e. The summed E-state index contributed by atoms with van der Waals surface area (Å²) in [7, 11) is 0. The first kappa shape index (κ1) is 18.1. The number of hydrogen-bond donors (Lipinski definition) is 2. The molecule has 0 unspecified atom stereocenters. The Morgan fingerprint density at radius 2 is 2.09 bits per heavy atom. The number of nitro groups is 1. The van der Waals surface area contributed by atoms with Crippen LogP contribution in [0.3, 0.4) is 0 Å². The summed E-state index contributed by atoms with van der Waals surface area (Å²) in [6, 6.07) is 2.41. The molecule has 0 saturated heterocycles. The highest BCUT2D eigenvalue weighted by Crippen LogP contribution is 2.22. The van der Waals surface area contributed by atoms with Crippen molar-refractivity contribution in [2.24, 2.45) is 0 Å². The van der Waals surface area contributed by atoms with Gasteiger partial charge in [-0.25, -0.2) is 9.59 Å². The molecule has 10 heteroatoms. The van der Waals surface area contributed by atoms with E-state index in [1.165, 1.54) is 6.08 Å². The van der Waals surface area contributed by atoms with Gasteiger partial charge in [-0.15, -0.1) is 6.58 Å². The second-order valence-corrected chi connectivity index (χ2v) is 4.45. The maximum absolute atomic E-state index is 11.7. The Balaban J connectivity index is 2.57. The van der Waals surface area contributed by atoms with Crippen molar-refractivity contribution in [3.8, 4) is 0 Å². The lowest BCUT2D eigenvalue weighted by Crippen LogP contribution is -2.41. The SMILES string of the molecule is C=CCNC(=O)NC(=O)COC(=O)c1ccc([N+](=O)[O-])cc1Cl. The van der Waals surface area contributed by atoms with Crippen LogP contribution in [-0.4, -0.2) is 36.0 Å². The Labute approximate surface area is 135 Å². The van der Waals surface area contributed by atoms with Gasteiger partial charge in [0.15, 0.2) is 6.61 Å². The summed E-state index contributed by atoms with van der Waals surface area (Å²) in [6.45, 7) is 2.83. The maximum Gasteiger partial charge on any atom is 0.340 e. The number of amides is 3. The molecule has 0 heterocycles. The van der Waals surface area contributed by atoms with E-state index in [2.05, 4.69) is 16.6 Å². The van der Waals surface area contributed by atoms with Gasteiger partial charge in [-0.1, -0.05) is 17.7 Å². The van der Waals surface area contributed by atoms with Crippen molar-refractivity contribution < 1.29 is 24.0 Å². The average molecular weight is 342 g/mol. The van der Waals surface area contributed by atoms with Crippen molar-refractivity contribution in [2.75, 3.05) is 13.2 Å². The third kappa shape index (κ3) is 5.75. The fourth-order valence-electron chi connectivity index (χ4n) is 1.36. The van der Waals surface area contributed by atoms with Gasteiger partial charge in [0.2, 0.25) is 0 Å². The number of imide groups is 1. The lowest BCUT2D eigenvalue weighted by atomic mass is 10.2. The van der Waals surface area contributed by atoms with E-state index in [4.69, 9.17) is 11.6 Å². The minimum absolute atomic E-state index is 0.138. The summed E-state index contributed by atoms with van der Waals surface area (Å²) >= 11 is 5.75. The molecule has 1 aromatic carbocycles. The molecule has 3 amide bonds. The van der Waals surface area contributed by atoms with Crippen LogP contribution in [0.15, 0.2) is 30.9 Å². The topological polar surface area (TPSA) is 128 Å². The summed E-state index contributed by atoms with van der Waals surface area (Å²) in [5, 5.41) is 14.6. The summed E-state index contributed by atoms with van der Waals surface area (Å²) < 4.78 is 4.67. The first-order valence-electron chi connectivity index (χ1n) is 6.14. The van der Waals surface area contributed by atoms with E-state index >= 15 is 0 Å². The Hall–Kier alpha value is -2.94. The van der Waals surface area contributed by atoms with Gasteiger partial charge < -0.3 is 10.1 Å². The molecular formula is C13H12ClN3O6. The Morgan fingerprint density at radius 3 is 2.65 bits per heavy atom. The standard InChI is InChI=1S/C13H12ClN3O6/c1-2-5-15-13(20)16-11(18)7-23-12(19)9-4-3-8(17(21)22)6-10(9)14/h2-4,6H,1,5,7H2,(H2,15,16,18,20). The van der Waals surface area contributed by atoms with E-state index in [1.807, 2.05) is 5.32 Å². The van der Waals surface area contributed by atoms with E-state index in [-0.39, 0.29) is 22.8 Å². The number of nitrogens with zero attached hydrogens (tertiary/aromatic N) is 1. The summed E-state index contributed by atoms with van der Waals surface area (Å²) in [4.78, 5) is 44.2. The van der Waals surface area contributed by atoms with Crippen LogP contribution in [0.1, 0.15) is 10.4 Å². The number of rotatable bonds is 6. The average Bonchev–Trinajstić information content (AvgIpc) is 2.50. The summed E-state index contributed by atoms with van der Waals surface area (Å²) in [5.74, 6) is -1.80. The first-order valence-corrected chi connectivity index (χ1v) is 6.52. The van der Waals surface area contributed by atoms with Gasteiger partial charge in [-0.2, -0.15) is 0 Å². The van der Waals surface area contributed by atoms with Crippen molar-refractivity contribution in [1.29, 1.82) is 0 Å². The fraction of sp³-hybridized carbons (Fsp3) is 0.154. The zero-order valence-electron chi connectivity index (χ0n) is 11.7. The van der Waals surface area contributed by atoms with Gasteiger partial charge >= 0.3 is 12.0 Å². The van der Waals surface area contributed by atoms with E-state index in [0.717, 1.165) is 18.2 Å². The molecule has 0 aliphatic heterocycles. The predicted octanol–water partition coefficient (Wildman–Crippen LogP) is 1.42. The van der Waals surface area contributed by atoms with Crippen LogP contribution in [-0.2, 0) is 9.53 Å². The van der Waals surface area contributed by atoms with Crippen molar-refractivity contribution in [2.45, 2.75) is 0 Å². The van der Waals surface area contributed by atoms with Gasteiger partial charge in [-0.05, 0) is 6.07 Å². The van der Waals surface area contributed by atoms with Crippen LogP contribution < -0.4 is 10.6 Å². The third-order valence-electron chi connectivity index (χ3n) is 2.38. The number of nitro benzene ring substituents is 1. The molecule has 0 aliphatic rings.